The number of rotatable bonds is 4. The highest BCUT2D eigenvalue weighted by molar-refractivity contribution is 5.92. The van der Waals surface area contributed by atoms with Gasteiger partial charge in [0, 0.05) is 12.0 Å². The Kier molecular flexibility index (Phi) is 4.79. The predicted octanol–water partition coefficient (Wildman–Crippen LogP) is 2.87. The molecule has 2 atom stereocenters. The van der Waals surface area contributed by atoms with Crippen molar-refractivity contribution >= 4 is 11.9 Å². The molecule has 0 radical (unpaired) electrons. The van der Waals surface area contributed by atoms with Gasteiger partial charge in [-0.15, -0.1) is 0 Å². The number of hydrogen-bond acceptors (Lipinski definition) is 4. The van der Waals surface area contributed by atoms with Gasteiger partial charge >= 0.3 is 5.97 Å². The van der Waals surface area contributed by atoms with Gasteiger partial charge in [0.15, 0.2) is 6.10 Å². The number of benzene rings is 2. The molecule has 5 heteroatoms. The summed E-state index contributed by atoms with van der Waals surface area (Å²) < 4.78 is 10.8. The highest BCUT2D eigenvalue weighted by Gasteiger charge is 2.26. The fourth-order valence-electron chi connectivity index (χ4n) is 2.64. The molecule has 1 amide bonds. The molecule has 0 saturated heterocycles. The molecule has 1 aliphatic heterocycles. The van der Waals surface area contributed by atoms with E-state index in [4.69, 9.17) is 9.47 Å². The van der Waals surface area contributed by atoms with Crippen molar-refractivity contribution in [2.75, 3.05) is 6.61 Å². The molecule has 3 rings (SSSR count). The number of carbonyl (C=O) groups excluding carboxylic acids is 2. The van der Waals surface area contributed by atoms with E-state index in [0.717, 1.165) is 11.3 Å². The molecule has 1 aliphatic rings. The Morgan fingerprint density at radius 2 is 1.83 bits per heavy atom. The zero-order valence-corrected chi connectivity index (χ0v) is 13.4. The second-order valence-electron chi connectivity index (χ2n) is 5.65. The van der Waals surface area contributed by atoms with Crippen LogP contribution in [0.15, 0.2) is 54.6 Å². The Balaban J connectivity index is 1.62. The molecule has 124 valence electrons. The molecular weight excluding hydrogens is 306 g/mol. The van der Waals surface area contributed by atoms with Crippen molar-refractivity contribution in [3.8, 4) is 5.75 Å². The molecule has 0 spiro atoms. The van der Waals surface area contributed by atoms with E-state index in [1.807, 2.05) is 30.3 Å². The van der Waals surface area contributed by atoms with Crippen LogP contribution < -0.4 is 10.1 Å². The molecule has 24 heavy (non-hydrogen) atoms. The van der Waals surface area contributed by atoms with Crippen molar-refractivity contribution < 1.29 is 19.1 Å². The number of nitrogens with one attached hydrogen (secondary N) is 1. The number of para-hydroxylation sites is 1. The maximum Gasteiger partial charge on any atom is 0.338 e. The van der Waals surface area contributed by atoms with Crippen LogP contribution >= 0.6 is 0 Å². The summed E-state index contributed by atoms with van der Waals surface area (Å²) in [4.78, 5) is 24.4. The lowest BCUT2D eigenvalue weighted by molar-refractivity contribution is -0.130. The first kappa shape index (κ1) is 16.1. The van der Waals surface area contributed by atoms with Crippen LogP contribution in [0.4, 0.5) is 0 Å². The van der Waals surface area contributed by atoms with Crippen molar-refractivity contribution in [1.29, 1.82) is 0 Å². The van der Waals surface area contributed by atoms with Gasteiger partial charge in [-0.3, -0.25) is 4.79 Å². The third-order valence-electron chi connectivity index (χ3n) is 3.94. The minimum Gasteiger partial charge on any atom is -0.493 e. The molecule has 2 aromatic rings. The number of fused-ring (bicyclic) bond motifs is 1. The number of carbonyl (C=O) groups is 2. The Labute approximate surface area is 140 Å². The Morgan fingerprint density at radius 1 is 1.12 bits per heavy atom. The fourth-order valence-corrected chi connectivity index (χ4v) is 2.64. The first-order valence-corrected chi connectivity index (χ1v) is 7.93. The van der Waals surface area contributed by atoms with Gasteiger partial charge in [0.1, 0.15) is 5.75 Å². The third-order valence-corrected chi connectivity index (χ3v) is 3.94. The van der Waals surface area contributed by atoms with Crippen LogP contribution in [0, 0.1) is 0 Å². The average molecular weight is 325 g/mol. The van der Waals surface area contributed by atoms with Gasteiger partial charge in [-0.2, -0.15) is 0 Å². The van der Waals surface area contributed by atoms with Crippen molar-refractivity contribution in [3.63, 3.8) is 0 Å². The van der Waals surface area contributed by atoms with Crippen LogP contribution in [-0.4, -0.2) is 24.6 Å². The topological polar surface area (TPSA) is 64.6 Å². The number of hydrogen-bond donors (Lipinski definition) is 1. The summed E-state index contributed by atoms with van der Waals surface area (Å²) in [5, 5.41) is 2.94. The Bertz CT molecular complexity index is 729. The van der Waals surface area contributed by atoms with Gasteiger partial charge in [0.25, 0.3) is 5.91 Å². The molecule has 0 bridgehead atoms. The number of esters is 1. The third kappa shape index (κ3) is 3.56. The van der Waals surface area contributed by atoms with Crippen LogP contribution in [0.2, 0.25) is 0 Å². The largest absolute Gasteiger partial charge is 0.493 e. The van der Waals surface area contributed by atoms with Gasteiger partial charge in [0.05, 0.1) is 18.2 Å². The van der Waals surface area contributed by atoms with Crippen LogP contribution in [0.3, 0.4) is 0 Å². The number of ether oxygens (including phenoxy) is 2. The fraction of sp³-hybridized carbons (Fsp3) is 0.263. The van der Waals surface area contributed by atoms with E-state index in [9.17, 15) is 9.59 Å². The molecule has 1 N–H and O–H groups in total. The SMILES string of the molecule is C[C@H](OC(=O)c1ccccc1)C(=O)N[C@@H]1CCOc2ccccc21. The molecule has 0 fully saturated rings. The van der Waals surface area contributed by atoms with Crippen LogP contribution in [0.5, 0.6) is 5.75 Å². The normalized spacial score (nSPS) is 17.1. The summed E-state index contributed by atoms with van der Waals surface area (Å²) in [5.41, 5.74) is 1.37. The molecule has 0 aromatic heterocycles. The molecule has 1 heterocycles. The van der Waals surface area contributed by atoms with Gasteiger partial charge in [0.2, 0.25) is 0 Å². The zero-order chi connectivity index (χ0) is 16.9. The van der Waals surface area contributed by atoms with Crippen LogP contribution in [0.1, 0.15) is 35.3 Å². The standard InChI is InChI=1S/C19H19NO4/c1-13(24-19(22)14-7-3-2-4-8-14)18(21)20-16-11-12-23-17-10-6-5-9-15(16)17/h2-10,13,16H,11-12H2,1H3,(H,20,21)/t13-,16+/m0/s1. The molecule has 0 aliphatic carbocycles. The first-order chi connectivity index (χ1) is 11.6. The second kappa shape index (κ2) is 7.17. The van der Waals surface area contributed by atoms with Gasteiger partial charge in [-0.05, 0) is 25.1 Å². The Hall–Kier alpha value is -2.82. The number of amides is 1. The van der Waals surface area contributed by atoms with Crippen LogP contribution in [-0.2, 0) is 9.53 Å². The van der Waals surface area contributed by atoms with E-state index in [1.165, 1.54) is 0 Å². The summed E-state index contributed by atoms with van der Waals surface area (Å²) in [6.45, 7) is 2.11. The molecule has 2 aromatic carbocycles. The second-order valence-corrected chi connectivity index (χ2v) is 5.65. The van der Waals surface area contributed by atoms with Gasteiger partial charge in [-0.1, -0.05) is 36.4 Å². The van der Waals surface area contributed by atoms with Crippen molar-refractivity contribution in [2.24, 2.45) is 0 Å². The predicted molar refractivity (Wildman–Crippen MR) is 88.8 cm³/mol. The summed E-state index contributed by atoms with van der Waals surface area (Å²) >= 11 is 0. The van der Waals surface area contributed by atoms with E-state index >= 15 is 0 Å². The van der Waals surface area contributed by atoms with Crippen molar-refractivity contribution in [1.82, 2.24) is 5.32 Å². The zero-order valence-electron chi connectivity index (χ0n) is 13.4. The van der Waals surface area contributed by atoms with Gasteiger partial charge in [-0.25, -0.2) is 4.79 Å². The lowest BCUT2D eigenvalue weighted by Gasteiger charge is -2.27. The maximum atomic E-state index is 12.4. The minimum absolute atomic E-state index is 0.139. The lowest BCUT2D eigenvalue weighted by Crippen LogP contribution is -2.39. The Morgan fingerprint density at radius 3 is 2.62 bits per heavy atom. The molecule has 0 saturated carbocycles. The summed E-state index contributed by atoms with van der Waals surface area (Å²) in [7, 11) is 0. The van der Waals surface area contributed by atoms with E-state index in [2.05, 4.69) is 5.32 Å². The smallest absolute Gasteiger partial charge is 0.338 e. The van der Waals surface area contributed by atoms with E-state index in [0.29, 0.717) is 18.6 Å². The van der Waals surface area contributed by atoms with Crippen molar-refractivity contribution in [2.45, 2.75) is 25.5 Å². The minimum atomic E-state index is -0.868. The van der Waals surface area contributed by atoms with E-state index < -0.39 is 12.1 Å². The van der Waals surface area contributed by atoms with Crippen LogP contribution in [0.25, 0.3) is 0 Å². The first-order valence-electron chi connectivity index (χ1n) is 7.93. The molecular formula is C19H19NO4. The quantitative estimate of drug-likeness (QED) is 0.878. The van der Waals surface area contributed by atoms with E-state index in [-0.39, 0.29) is 11.9 Å². The van der Waals surface area contributed by atoms with Crippen molar-refractivity contribution in [3.05, 3.63) is 65.7 Å². The highest BCUT2D eigenvalue weighted by Crippen LogP contribution is 2.31. The lowest BCUT2D eigenvalue weighted by atomic mass is 10.0. The van der Waals surface area contributed by atoms with E-state index in [1.54, 1.807) is 31.2 Å². The molecule has 5 nitrogen and oxygen atoms in total. The highest BCUT2D eigenvalue weighted by atomic mass is 16.5. The summed E-state index contributed by atoms with van der Waals surface area (Å²) in [5.74, 6) is -0.0467. The maximum absolute atomic E-state index is 12.4. The monoisotopic (exact) mass is 325 g/mol. The summed E-state index contributed by atoms with van der Waals surface area (Å²) in [6, 6.07) is 16.1. The summed E-state index contributed by atoms with van der Waals surface area (Å²) in [6.07, 6.45) is -0.185. The van der Waals surface area contributed by atoms with Gasteiger partial charge < -0.3 is 14.8 Å². The molecule has 0 unspecified atom stereocenters. The average Bonchev–Trinajstić information content (AvgIpc) is 2.62.